The Labute approximate surface area is 143 Å². The number of carbonyl (C=O) groups is 1. The molecule has 1 saturated heterocycles. The molecule has 1 atom stereocenters. The first kappa shape index (κ1) is 16.5. The monoisotopic (exact) mass is 324 g/mol. The van der Waals surface area contributed by atoms with E-state index in [0.29, 0.717) is 5.92 Å². The molecule has 3 rings (SSSR count). The van der Waals surface area contributed by atoms with Crippen molar-refractivity contribution in [3.63, 3.8) is 0 Å². The van der Waals surface area contributed by atoms with Gasteiger partial charge in [0, 0.05) is 25.0 Å². The molecule has 0 unspecified atom stereocenters. The standard InChI is InChI=1S/C20H24N2O2/c1-14-6-7-18(13-21-14)16-8-10-22(11-9-16)20(24)15(2)17-4-3-5-19(23)12-17/h3-7,12-13,15-16,23H,8-11H2,1-2H3/t15-/m1/s1. The summed E-state index contributed by atoms with van der Waals surface area (Å²) in [7, 11) is 0. The van der Waals surface area contributed by atoms with Crippen molar-refractivity contribution in [1.82, 2.24) is 9.88 Å². The molecule has 126 valence electrons. The molecule has 0 saturated carbocycles. The molecule has 4 heteroatoms. The molecular weight excluding hydrogens is 300 g/mol. The number of pyridine rings is 1. The van der Waals surface area contributed by atoms with Gasteiger partial charge in [0.05, 0.1) is 5.92 Å². The Bertz CT molecular complexity index is 704. The van der Waals surface area contributed by atoms with Crippen molar-refractivity contribution in [2.45, 2.75) is 38.5 Å². The Morgan fingerprint density at radius 2 is 2.00 bits per heavy atom. The van der Waals surface area contributed by atoms with Gasteiger partial charge in [-0.25, -0.2) is 0 Å². The fourth-order valence-corrected chi connectivity index (χ4v) is 3.36. The highest BCUT2D eigenvalue weighted by Gasteiger charge is 2.27. The lowest BCUT2D eigenvalue weighted by Crippen LogP contribution is -2.40. The maximum absolute atomic E-state index is 12.7. The van der Waals surface area contributed by atoms with E-state index in [4.69, 9.17) is 0 Å². The van der Waals surface area contributed by atoms with Crippen molar-refractivity contribution < 1.29 is 9.90 Å². The minimum absolute atomic E-state index is 0.140. The molecule has 2 heterocycles. The van der Waals surface area contributed by atoms with Crippen molar-refractivity contribution in [2.24, 2.45) is 0 Å². The molecule has 1 aromatic heterocycles. The first-order valence-corrected chi connectivity index (χ1v) is 8.55. The third-order valence-electron chi connectivity index (χ3n) is 4.95. The van der Waals surface area contributed by atoms with Crippen molar-refractivity contribution >= 4 is 5.91 Å². The normalized spacial score (nSPS) is 16.8. The van der Waals surface area contributed by atoms with Gasteiger partial charge in [0.1, 0.15) is 5.75 Å². The van der Waals surface area contributed by atoms with Crippen LogP contribution in [-0.2, 0) is 4.79 Å². The number of hydrogen-bond acceptors (Lipinski definition) is 3. The van der Waals surface area contributed by atoms with E-state index < -0.39 is 0 Å². The van der Waals surface area contributed by atoms with Crippen LogP contribution in [0.5, 0.6) is 5.75 Å². The number of aromatic hydroxyl groups is 1. The molecule has 0 aliphatic carbocycles. The summed E-state index contributed by atoms with van der Waals surface area (Å²) >= 11 is 0. The van der Waals surface area contributed by atoms with Crippen molar-refractivity contribution in [2.75, 3.05) is 13.1 Å². The van der Waals surface area contributed by atoms with Gasteiger partial charge in [0.15, 0.2) is 0 Å². The number of amides is 1. The maximum atomic E-state index is 12.7. The zero-order valence-electron chi connectivity index (χ0n) is 14.3. The molecule has 0 spiro atoms. The molecule has 1 aromatic carbocycles. The van der Waals surface area contributed by atoms with Crippen LogP contribution in [0.2, 0.25) is 0 Å². The molecule has 2 aromatic rings. The zero-order chi connectivity index (χ0) is 17.1. The predicted octanol–water partition coefficient (Wildman–Crippen LogP) is 3.61. The summed E-state index contributed by atoms with van der Waals surface area (Å²) in [5.41, 5.74) is 3.17. The number of benzene rings is 1. The van der Waals surface area contributed by atoms with Crippen LogP contribution in [0, 0.1) is 6.92 Å². The largest absolute Gasteiger partial charge is 0.508 e. The van der Waals surface area contributed by atoms with E-state index in [1.807, 2.05) is 31.0 Å². The highest BCUT2D eigenvalue weighted by molar-refractivity contribution is 5.83. The molecule has 0 radical (unpaired) electrons. The number of piperidine rings is 1. The molecule has 4 nitrogen and oxygen atoms in total. The van der Waals surface area contributed by atoms with Crippen LogP contribution >= 0.6 is 0 Å². The van der Waals surface area contributed by atoms with Crippen LogP contribution in [0.3, 0.4) is 0 Å². The van der Waals surface area contributed by atoms with Gasteiger partial charge in [-0.3, -0.25) is 9.78 Å². The number of phenolic OH excluding ortho intramolecular Hbond substituents is 1. The quantitative estimate of drug-likeness (QED) is 0.938. The van der Waals surface area contributed by atoms with Gasteiger partial charge in [-0.2, -0.15) is 0 Å². The Morgan fingerprint density at radius 1 is 1.25 bits per heavy atom. The number of phenols is 1. The molecule has 1 fully saturated rings. The lowest BCUT2D eigenvalue weighted by Gasteiger charge is -2.33. The number of aromatic nitrogens is 1. The smallest absolute Gasteiger partial charge is 0.229 e. The molecule has 1 N–H and O–H groups in total. The number of carbonyl (C=O) groups excluding carboxylic acids is 1. The Hall–Kier alpha value is -2.36. The van der Waals surface area contributed by atoms with Crippen LogP contribution in [0.1, 0.15) is 48.4 Å². The first-order valence-electron chi connectivity index (χ1n) is 8.55. The minimum Gasteiger partial charge on any atom is -0.508 e. The number of hydrogen-bond donors (Lipinski definition) is 1. The molecule has 1 aliphatic heterocycles. The molecule has 1 amide bonds. The average Bonchev–Trinajstić information content (AvgIpc) is 2.61. The lowest BCUT2D eigenvalue weighted by molar-refractivity contribution is -0.133. The van der Waals surface area contributed by atoms with E-state index in [1.54, 1.807) is 18.2 Å². The van der Waals surface area contributed by atoms with E-state index in [0.717, 1.165) is 37.2 Å². The topological polar surface area (TPSA) is 53.4 Å². The molecular formula is C20H24N2O2. The van der Waals surface area contributed by atoms with Crippen molar-refractivity contribution in [3.05, 3.63) is 59.4 Å². The van der Waals surface area contributed by atoms with Crippen LogP contribution < -0.4 is 0 Å². The summed E-state index contributed by atoms with van der Waals surface area (Å²) in [4.78, 5) is 19.1. The van der Waals surface area contributed by atoms with Crippen LogP contribution in [0.25, 0.3) is 0 Å². The number of rotatable bonds is 3. The second-order valence-electron chi connectivity index (χ2n) is 6.65. The molecule has 0 bridgehead atoms. The molecule has 1 aliphatic rings. The summed E-state index contributed by atoms with van der Waals surface area (Å²) in [6.07, 6.45) is 3.92. The number of likely N-dealkylation sites (tertiary alicyclic amines) is 1. The van der Waals surface area contributed by atoms with E-state index in [1.165, 1.54) is 5.56 Å². The minimum atomic E-state index is -0.227. The highest BCUT2D eigenvalue weighted by atomic mass is 16.3. The van der Waals surface area contributed by atoms with Crippen LogP contribution in [-0.4, -0.2) is 34.0 Å². The number of aryl methyl sites for hydroxylation is 1. The Morgan fingerprint density at radius 3 is 2.62 bits per heavy atom. The number of nitrogens with zero attached hydrogens (tertiary/aromatic N) is 2. The summed E-state index contributed by atoms with van der Waals surface area (Å²) in [6.45, 7) is 5.46. The fraction of sp³-hybridized carbons (Fsp3) is 0.400. The van der Waals surface area contributed by atoms with Gasteiger partial charge < -0.3 is 10.0 Å². The van der Waals surface area contributed by atoms with E-state index in [9.17, 15) is 9.90 Å². The van der Waals surface area contributed by atoms with Gasteiger partial charge in [-0.15, -0.1) is 0 Å². The Kier molecular flexibility index (Phi) is 4.84. The van der Waals surface area contributed by atoms with Gasteiger partial charge in [-0.05, 0) is 61.9 Å². The SMILES string of the molecule is Cc1ccc(C2CCN(C(=O)[C@H](C)c3cccc(O)c3)CC2)cn1. The van der Waals surface area contributed by atoms with Gasteiger partial charge in [0.25, 0.3) is 0 Å². The second-order valence-corrected chi connectivity index (χ2v) is 6.65. The summed E-state index contributed by atoms with van der Waals surface area (Å²) < 4.78 is 0. The highest BCUT2D eigenvalue weighted by Crippen LogP contribution is 2.30. The summed E-state index contributed by atoms with van der Waals surface area (Å²) in [6, 6.07) is 11.2. The van der Waals surface area contributed by atoms with Crippen molar-refractivity contribution in [3.8, 4) is 5.75 Å². The predicted molar refractivity (Wildman–Crippen MR) is 94.1 cm³/mol. The lowest BCUT2D eigenvalue weighted by atomic mass is 9.89. The maximum Gasteiger partial charge on any atom is 0.229 e. The fourth-order valence-electron chi connectivity index (χ4n) is 3.36. The van der Waals surface area contributed by atoms with Gasteiger partial charge in [-0.1, -0.05) is 18.2 Å². The first-order chi connectivity index (χ1) is 11.5. The van der Waals surface area contributed by atoms with Gasteiger partial charge >= 0.3 is 0 Å². The van der Waals surface area contributed by atoms with E-state index >= 15 is 0 Å². The average molecular weight is 324 g/mol. The molecule has 24 heavy (non-hydrogen) atoms. The second kappa shape index (κ2) is 7.04. The van der Waals surface area contributed by atoms with Crippen LogP contribution in [0.4, 0.5) is 0 Å². The van der Waals surface area contributed by atoms with Crippen molar-refractivity contribution in [1.29, 1.82) is 0 Å². The van der Waals surface area contributed by atoms with E-state index in [2.05, 4.69) is 17.1 Å². The summed E-state index contributed by atoms with van der Waals surface area (Å²) in [5, 5.41) is 9.60. The summed E-state index contributed by atoms with van der Waals surface area (Å²) in [5.74, 6) is 0.603. The van der Waals surface area contributed by atoms with Gasteiger partial charge in [0.2, 0.25) is 5.91 Å². The third-order valence-corrected chi connectivity index (χ3v) is 4.95. The zero-order valence-corrected chi connectivity index (χ0v) is 14.3. The Balaban J connectivity index is 1.61. The van der Waals surface area contributed by atoms with Crippen LogP contribution in [0.15, 0.2) is 42.6 Å². The van der Waals surface area contributed by atoms with E-state index in [-0.39, 0.29) is 17.6 Å². The third kappa shape index (κ3) is 3.58.